The Morgan fingerprint density at radius 2 is 0.963 bits per heavy atom. The van der Waals surface area contributed by atoms with Crippen molar-refractivity contribution in [2.45, 2.75) is 93.4 Å². The van der Waals surface area contributed by atoms with Crippen LogP contribution in [0, 0.1) is 37.5 Å². The molecule has 0 radical (unpaired) electrons. The third kappa shape index (κ3) is 9.79. The number of nitrogens with one attached hydrogen (secondary N) is 4. The van der Waals surface area contributed by atoms with Crippen LogP contribution < -0.4 is 22.1 Å². The normalized spacial score (nSPS) is 14.0. The lowest BCUT2D eigenvalue weighted by atomic mass is 9.92. The average molecular weight is 743 g/mol. The predicted molar refractivity (Wildman–Crippen MR) is 207 cm³/mol. The second-order valence-corrected chi connectivity index (χ2v) is 15.1. The summed E-state index contributed by atoms with van der Waals surface area (Å²) in [5, 5.41) is 6.64. The zero-order valence-electron chi connectivity index (χ0n) is 32.7. The first-order chi connectivity index (χ1) is 25.4. The highest BCUT2D eigenvalue weighted by atomic mass is 16.6. The molecule has 2 aromatic carbocycles. The maximum Gasteiger partial charge on any atom is 0.412 e. The number of aromatic nitrogens is 4. The van der Waals surface area contributed by atoms with E-state index in [2.05, 4.69) is 73.4 Å². The molecule has 14 nitrogen and oxygen atoms in total. The molecule has 14 heteroatoms. The van der Waals surface area contributed by atoms with Crippen LogP contribution in [0.15, 0.2) is 48.8 Å². The molecule has 0 bridgehead atoms. The number of imidazole rings is 2. The smallest absolute Gasteiger partial charge is 0.375 e. The Hall–Kier alpha value is -5.34. The van der Waals surface area contributed by atoms with E-state index in [0.717, 1.165) is 44.8 Å². The molecule has 0 aliphatic rings. The highest BCUT2D eigenvalue weighted by Gasteiger charge is 2.32. The van der Waals surface area contributed by atoms with Crippen molar-refractivity contribution in [3.8, 4) is 33.6 Å². The van der Waals surface area contributed by atoms with Gasteiger partial charge in [-0.2, -0.15) is 0 Å². The van der Waals surface area contributed by atoms with Crippen LogP contribution in [0.3, 0.4) is 0 Å². The first kappa shape index (κ1) is 41.4. The maximum atomic E-state index is 12.6. The van der Waals surface area contributed by atoms with Crippen molar-refractivity contribution in [2.75, 3.05) is 0 Å². The van der Waals surface area contributed by atoms with Gasteiger partial charge in [-0.15, -0.1) is 0 Å². The number of aromatic amines is 2. The van der Waals surface area contributed by atoms with E-state index in [1.165, 1.54) is 0 Å². The Labute approximate surface area is 316 Å². The summed E-state index contributed by atoms with van der Waals surface area (Å²) in [6.07, 6.45) is 1.29. The first-order valence-corrected chi connectivity index (χ1v) is 18.2. The van der Waals surface area contributed by atoms with Crippen molar-refractivity contribution in [1.82, 2.24) is 30.6 Å². The van der Waals surface area contributed by atoms with Crippen LogP contribution in [-0.4, -0.2) is 56.1 Å². The van der Waals surface area contributed by atoms with Gasteiger partial charge in [0.1, 0.15) is 23.7 Å². The average Bonchev–Trinajstić information content (AvgIpc) is 3.76. The van der Waals surface area contributed by atoms with Crippen LogP contribution in [0.1, 0.15) is 90.2 Å². The van der Waals surface area contributed by atoms with Crippen LogP contribution in [0.4, 0.5) is 9.59 Å². The summed E-state index contributed by atoms with van der Waals surface area (Å²) in [5.41, 5.74) is 18.2. The molecule has 2 unspecified atom stereocenters. The number of primary amides is 2. The lowest BCUT2D eigenvalue weighted by Gasteiger charge is -2.27. The Balaban J connectivity index is 1.54. The van der Waals surface area contributed by atoms with Crippen LogP contribution >= 0.6 is 0 Å². The summed E-state index contributed by atoms with van der Waals surface area (Å²) in [4.78, 5) is 63.9. The van der Waals surface area contributed by atoms with Gasteiger partial charge in [0.25, 0.3) is 0 Å². The van der Waals surface area contributed by atoms with Crippen LogP contribution in [0.25, 0.3) is 33.6 Å². The number of benzene rings is 2. The van der Waals surface area contributed by atoms with Crippen molar-refractivity contribution in [3.05, 3.63) is 71.6 Å². The largest absolute Gasteiger partial charge is 0.412 e. The number of ether oxygens (including phenoxy) is 2. The summed E-state index contributed by atoms with van der Waals surface area (Å²) >= 11 is 0. The molecule has 2 amide bonds. The molecule has 0 fully saturated rings. The summed E-state index contributed by atoms with van der Waals surface area (Å²) in [7, 11) is 0. The molecule has 0 saturated heterocycles. The monoisotopic (exact) mass is 742 g/mol. The first-order valence-electron chi connectivity index (χ1n) is 18.2. The van der Waals surface area contributed by atoms with Crippen LogP contribution in [0.5, 0.6) is 0 Å². The lowest BCUT2D eigenvalue weighted by molar-refractivity contribution is -0.142. The van der Waals surface area contributed by atoms with E-state index in [-0.39, 0.29) is 35.8 Å². The molecule has 54 heavy (non-hydrogen) atoms. The molecule has 8 N–H and O–H groups in total. The van der Waals surface area contributed by atoms with Crippen molar-refractivity contribution >= 4 is 24.1 Å². The number of nitrogens with zero attached hydrogens (tertiary/aromatic N) is 2. The van der Waals surface area contributed by atoms with E-state index in [4.69, 9.17) is 16.2 Å². The number of hydrogen-bond acceptors (Lipinski definition) is 10. The van der Waals surface area contributed by atoms with E-state index in [0.29, 0.717) is 11.6 Å². The molecule has 4 aromatic rings. The number of esters is 2. The number of nitrogens with two attached hydrogens (primary N) is 2. The van der Waals surface area contributed by atoms with Crippen molar-refractivity contribution < 1.29 is 28.7 Å². The van der Waals surface area contributed by atoms with Gasteiger partial charge in [-0.25, -0.2) is 29.1 Å². The molecule has 0 saturated carbocycles. The third-order valence-electron chi connectivity index (χ3n) is 9.66. The summed E-state index contributed by atoms with van der Waals surface area (Å²) in [6.45, 7) is 19.7. The molecule has 0 aliphatic heterocycles. The van der Waals surface area contributed by atoms with Crippen LogP contribution in [-0.2, 0) is 19.1 Å². The van der Waals surface area contributed by atoms with Crippen LogP contribution in [0.2, 0.25) is 0 Å². The van der Waals surface area contributed by atoms with Crippen molar-refractivity contribution in [3.63, 3.8) is 0 Å². The quantitative estimate of drug-likeness (QED) is 0.0565. The SMILES string of the molecule is Cc1c(-c2ccc(-c3cnc(C(N[C@H](C(=O)OC(N)=O)C(C)C)C(C)C)[nH]3)cc2)ccc(-c2cnc(C(N[C@H](C(=O)OC(N)=O)C(C)C)C(C)C)[nH]2)c1C. The standard InChI is InChI=1S/C40H54N8O6/c1-19(2)31(47-33(21(5)6)37(49)53-39(41)51)35-43-17-29(45-35)26-13-11-25(12-14-26)27-15-16-28(24(10)23(27)9)30-18-44-36(46-30)32(20(3)4)48-34(22(7)8)38(50)54-40(42)52/h11-22,31-34,47-48H,1-10H3,(H2,41,51)(H2,42,52)(H,43,45)(H,44,46)/t31?,32?,33-,34-/m0/s1. The summed E-state index contributed by atoms with van der Waals surface area (Å²) < 4.78 is 9.38. The fraction of sp³-hybridized carbons (Fsp3) is 0.450. The van der Waals surface area contributed by atoms with E-state index < -0.39 is 36.2 Å². The van der Waals surface area contributed by atoms with Gasteiger partial charge in [-0.3, -0.25) is 10.6 Å². The molecule has 0 aliphatic carbocycles. The second kappa shape index (κ2) is 17.7. The Morgan fingerprint density at radius 1 is 0.574 bits per heavy atom. The van der Waals surface area contributed by atoms with E-state index in [1.54, 1.807) is 12.4 Å². The zero-order valence-corrected chi connectivity index (χ0v) is 32.7. The third-order valence-corrected chi connectivity index (χ3v) is 9.66. The van der Waals surface area contributed by atoms with Gasteiger partial charge >= 0.3 is 24.1 Å². The van der Waals surface area contributed by atoms with Gasteiger partial charge in [-0.05, 0) is 65.3 Å². The maximum absolute atomic E-state index is 12.6. The number of carbonyl (C=O) groups excluding carboxylic acids is 4. The van der Waals surface area contributed by atoms with E-state index >= 15 is 0 Å². The number of rotatable bonds is 15. The van der Waals surface area contributed by atoms with Gasteiger partial charge in [0.15, 0.2) is 0 Å². The molecular formula is C40H54N8O6. The topological polar surface area (TPSA) is 220 Å². The number of H-pyrrole nitrogens is 2. The summed E-state index contributed by atoms with van der Waals surface area (Å²) in [5.74, 6) is -0.342. The van der Waals surface area contributed by atoms with Crippen molar-refractivity contribution in [2.24, 2.45) is 35.1 Å². The Kier molecular flexibility index (Phi) is 13.5. The molecular weight excluding hydrogens is 688 g/mol. The van der Waals surface area contributed by atoms with E-state index in [1.807, 2.05) is 67.5 Å². The van der Waals surface area contributed by atoms with Gasteiger partial charge < -0.3 is 30.9 Å². The Bertz CT molecular complexity index is 1950. The van der Waals surface area contributed by atoms with E-state index in [9.17, 15) is 19.2 Å². The van der Waals surface area contributed by atoms with Gasteiger partial charge in [0, 0.05) is 5.56 Å². The molecule has 290 valence electrons. The van der Waals surface area contributed by atoms with Gasteiger partial charge in [-0.1, -0.05) is 91.8 Å². The number of hydrogen-bond donors (Lipinski definition) is 6. The molecule has 0 spiro atoms. The Morgan fingerprint density at radius 3 is 1.39 bits per heavy atom. The fourth-order valence-electron chi connectivity index (χ4n) is 6.48. The molecule has 2 aromatic heterocycles. The molecule has 2 heterocycles. The number of carbonyl (C=O) groups is 4. The summed E-state index contributed by atoms with van der Waals surface area (Å²) in [6, 6.07) is 10.2. The van der Waals surface area contributed by atoms with Crippen molar-refractivity contribution in [1.29, 1.82) is 0 Å². The zero-order chi connectivity index (χ0) is 40.0. The second-order valence-electron chi connectivity index (χ2n) is 15.1. The minimum atomic E-state index is -1.14. The minimum Gasteiger partial charge on any atom is -0.375 e. The number of amides is 2. The molecule has 4 rings (SSSR count). The minimum absolute atomic E-state index is 0.0546. The molecule has 4 atom stereocenters. The highest BCUT2D eigenvalue weighted by Crippen LogP contribution is 2.34. The van der Waals surface area contributed by atoms with Gasteiger partial charge in [0.05, 0.1) is 35.9 Å². The fourth-order valence-corrected chi connectivity index (χ4v) is 6.48. The lowest BCUT2D eigenvalue weighted by Crippen LogP contribution is -2.46. The highest BCUT2D eigenvalue weighted by molar-refractivity contribution is 5.88. The van der Waals surface area contributed by atoms with Gasteiger partial charge in [0.2, 0.25) is 0 Å². The predicted octanol–water partition coefficient (Wildman–Crippen LogP) is 6.62.